The van der Waals surface area contributed by atoms with E-state index in [9.17, 15) is 35.5 Å². The average molecular weight is 434 g/mol. The van der Waals surface area contributed by atoms with Crippen LogP contribution in [0.1, 0.15) is 61.3 Å². The van der Waals surface area contributed by atoms with Gasteiger partial charge >= 0.3 is 5.97 Å². The molecule has 1 rings (SSSR count). The van der Waals surface area contributed by atoms with Crippen molar-refractivity contribution in [3.63, 3.8) is 0 Å². The Morgan fingerprint density at radius 2 is 1.60 bits per heavy atom. The van der Waals surface area contributed by atoms with E-state index >= 15 is 0 Å². The summed E-state index contributed by atoms with van der Waals surface area (Å²) in [7, 11) is 0. The van der Waals surface area contributed by atoms with Crippen LogP contribution in [0.2, 0.25) is 0 Å². The van der Waals surface area contributed by atoms with Gasteiger partial charge in [0.1, 0.15) is 11.7 Å². The van der Waals surface area contributed by atoms with Crippen molar-refractivity contribution in [3.05, 3.63) is 0 Å². The van der Waals surface area contributed by atoms with Crippen LogP contribution in [0.4, 0.5) is 0 Å². The van der Waals surface area contributed by atoms with E-state index in [0.29, 0.717) is 0 Å². The van der Waals surface area contributed by atoms with Crippen molar-refractivity contribution in [1.29, 1.82) is 0 Å². The molecular weight excluding hydrogens is 394 g/mol. The van der Waals surface area contributed by atoms with Gasteiger partial charge in [-0.2, -0.15) is 0 Å². The maximum atomic E-state index is 12.6. The number of nitrogens with zero attached hydrogens (tertiary/aromatic N) is 1. The Kier molecular flexibility index (Phi) is 8.84. The number of esters is 1. The first kappa shape index (κ1) is 26.8. The van der Waals surface area contributed by atoms with Crippen molar-refractivity contribution in [1.82, 2.24) is 0 Å². The lowest BCUT2D eigenvalue weighted by Gasteiger charge is -2.42. The zero-order chi connectivity index (χ0) is 23.6. The molecule has 0 aromatic heterocycles. The van der Waals surface area contributed by atoms with Gasteiger partial charge in [-0.15, -0.1) is 0 Å². The second kappa shape index (κ2) is 9.91. The first-order valence-electron chi connectivity index (χ1n) is 10.5. The summed E-state index contributed by atoms with van der Waals surface area (Å²) < 4.78 is 5.44. The molecule has 0 aromatic rings. The van der Waals surface area contributed by atoms with Crippen LogP contribution in [0, 0.1) is 23.7 Å². The standard InChI is InChI=1S/C21H39NO8/c1-8-15-21(7,28)18(25)11(3)16(22-29)13(5)20(6,27)9-14(23)10(2)17(24)12(4)19(26)30-15/h10-15,17-18,23-25,27-29H,8-9H2,1-7H3/b22-16-/t10-,11+,12-,13-,14-,15+,17-,18-,20+,21+/m1/s1. The zero-order valence-corrected chi connectivity index (χ0v) is 19.0. The fourth-order valence-electron chi connectivity index (χ4n) is 4.22. The highest BCUT2D eigenvalue weighted by Crippen LogP contribution is 2.35. The molecule has 1 aliphatic heterocycles. The molecule has 1 saturated heterocycles. The Balaban J connectivity index is 3.52. The number of aliphatic hydroxyl groups is 5. The van der Waals surface area contributed by atoms with Gasteiger partial charge in [0, 0.05) is 24.2 Å². The number of rotatable bonds is 1. The minimum Gasteiger partial charge on any atom is -0.459 e. The molecule has 6 N–H and O–H groups in total. The minimum atomic E-state index is -1.90. The molecule has 0 radical (unpaired) electrons. The smallest absolute Gasteiger partial charge is 0.311 e. The van der Waals surface area contributed by atoms with Crippen LogP contribution in [-0.2, 0) is 9.53 Å². The second-order valence-electron chi connectivity index (χ2n) is 9.31. The summed E-state index contributed by atoms with van der Waals surface area (Å²) in [6.07, 6.45) is -5.02. The van der Waals surface area contributed by atoms with Crippen LogP contribution in [0.3, 0.4) is 0 Å². The number of hydrogen-bond acceptors (Lipinski definition) is 9. The maximum Gasteiger partial charge on any atom is 0.311 e. The fourth-order valence-corrected chi connectivity index (χ4v) is 4.22. The summed E-state index contributed by atoms with van der Waals surface area (Å²) in [6.45, 7) is 10.6. The summed E-state index contributed by atoms with van der Waals surface area (Å²) in [6, 6.07) is 0. The largest absolute Gasteiger partial charge is 0.459 e. The molecular formula is C21H39NO8. The highest BCUT2D eigenvalue weighted by atomic mass is 16.6. The lowest BCUT2D eigenvalue weighted by Crippen LogP contribution is -2.57. The van der Waals surface area contributed by atoms with Crippen molar-refractivity contribution in [2.24, 2.45) is 28.8 Å². The van der Waals surface area contributed by atoms with Crippen LogP contribution in [-0.4, -0.2) is 78.0 Å². The molecule has 9 heteroatoms. The van der Waals surface area contributed by atoms with Gasteiger partial charge in [-0.1, -0.05) is 32.9 Å². The molecule has 30 heavy (non-hydrogen) atoms. The van der Waals surface area contributed by atoms with E-state index in [1.165, 1.54) is 27.7 Å². The number of carbonyl (C=O) groups excluding carboxylic acids is 1. The van der Waals surface area contributed by atoms with E-state index in [2.05, 4.69) is 5.16 Å². The Hall–Kier alpha value is -1.26. The van der Waals surface area contributed by atoms with Crippen molar-refractivity contribution in [2.45, 2.75) is 96.9 Å². The SMILES string of the molecule is CC[C@@H]1OC(=O)[C@H](C)[C@H](O)[C@H](C)[C@H](O)C[C@](C)(O)[C@H](C)/C(=N\O)[C@H](C)[C@@H](O)[C@@]1(C)O. The summed E-state index contributed by atoms with van der Waals surface area (Å²) in [5.74, 6) is -4.26. The number of oxime groups is 1. The second-order valence-corrected chi connectivity index (χ2v) is 9.31. The predicted octanol–water partition coefficient (Wildman–Crippen LogP) is 0.671. The van der Waals surface area contributed by atoms with Gasteiger partial charge in [0.05, 0.1) is 35.5 Å². The Morgan fingerprint density at radius 1 is 1.07 bits per heavy atom. The number of hydrogen-bond donors (Lipinski definition) is 6. The topological polar surface area (TPSA) is 160 Å². The van der Waals surface area contributed by atoms with Gasteiger partial charge < -0.3 is 35.5 Å². The van der Waals surface area contributed by atoms with Crippen LogP contribution >= 0.6 is 0 Å². The van der Waals surface area contributed by atoms with Crippen LogP contribution in [0.15, 0.2) is 5.16 Å². The lowest BCUT2D eigenvalue weighted by atomic mass is 9.72. The molecule has 0 spiro atoms. The predicted molar refractivity (Wildman–Crippen MR) is 110 cm³/mol. The van der Waals surface area contributed by atoms with Gasteiger partial charge in [-0.05, 0) is 27.2 Å². The van der Waals surface area contributed by atoms with Crippen LogP contribution < -0.4 is 0 Å². The first-order valence-corrected chi connectivity index (χ1v) is 10.5. The van der Waals surface area contributed by atoms with Gasteiger partial charge in [-0.3, -0.25) is 4.79 Å². The van der Waals surface area contributed by atoms with Crippen molar-refractivity contribution < 1.29 is 40.3 Å². The van der Waals surface area contributed by atoms with Gasteiger partial charge in [-0.25, -0.2) is 0 Å². The molecule has 0 aliphatic carbocycles. The monoisotopic (exact) mass is 433 g/mol. The normalized spacial score (nSPS) is 48.8. The quantitative estimate of drug-likeness (QED) is 0.200. The highest BCUT2D eigenvalue weighted by Gasteiger charge is 2.48. The Morgan fingerprint density at radius 3 is 2.07 bits per heavy atom. The highest BCUT2D eigenvalue weighted by molar-refractivity contribution is 5.89. The van der Waals surface area contributed by atoms with E-state index in [-0.39, 0.29) is 18.6 Å². The molecule has 0 bridgehead atoms. The molecule has 0 aromatic carbocycles. The minimum absolute atomic E-state index is 0.0276. The third kappa shape index (κ3) is 5.31. The van der Waals surface area contributed by atoms with E-state index in [1.807, 2.05) is 0 Å². The Bertz CT molecular complexity index is 620. The molecule has 0 saturated carbocycles. The molecule has 9 nitrogen and oxygen atoms in total. The van der Waals surface area contributed by atoms with Crippen molar-refractivity contribution >= 4 is 11.7 Å². The van der Waals surface area contributed by atoms with Gasteiger partial charge in [0.15, 0.2) is 0 Å². The molecule has 0 amide bonds. The summed E-state index contributed by atoms with van der Waals surface area (Å²) in [5, 5.41) is 67.0. The summed E-state index contributed by atoms with van der Waals surface area (Å²) in [4.78, 5) is 12.6. The van der Waals surface area contributed by atoms with Crippen molar-refractivity contribution in [3.8, 4) is 0 Å². The third-order valence-corrected chi connectivity index (χ3v) is 6.96. The maximum absolute atomic E-state index is 12.6. The van der Waals surface area contributed by atoms with Gasteiger partial charge in [0.2, 0.25) is 0 Å². The molecule has 1 heterocycles. The summed E-state index contributed by atoms with van der Waals surface area (Å²) in [5.41, 5.74) is -3.43. The number of aliphatic hydroxyl groups excluding tert-OH is 3. The molecule has 1 fully saturated rings. The van der Waals surface area contributed by atoms with Crippen LogP contribution in [0.25, 0.3) is 0 Å². The van der Waals surface area contributed by atoms with Crippen molar-refractivity contribution in [2.75, 3.05) is 0 Å². The molecule has 10 atom stereocenters. The zero-order valence-electron chi connectivity index (χ0n) is 19.0. The summed E-state index contributed by atoms with van der Waals surface area (Å²) >= 11 is 0. The van der Waals surface area contributed by atoms with Gasteiger partial charge in [0.25, 0.3) is 0 Å². The molecule has 0 unspecified atom stereocenters. The average Bonchev–Trinajstić information content (AvgIpc) is 2.68. The lowest BCUT2D eigenvalue weighted by molar-refractivity contribution is -0.190. The molecule has 1 aliphatic rings. The first-order chi connectivity index (χ1) is 13.6. The number of cyclic esters (lactones) is 1. The third-order valence-electron chi connectivity index (χ3n) is 6.96. The number of ether oxygens (including phenoxy) is 1. The van der Waals surface area contributed by atoms with E-state index in [4.69, 9.17) is 4.74 Å². The van der Waals surface area contributed by atoms with E-state index in [1.54, 1.807) is 20.8 Å². The van der Waals surface area contributed by atoms with E-state index in [0.717, 1.165) is 0 Å². The fraction of sp³-hybridized carbons (Fsp3) is 0.905. The molecule has 176 valence electrons. The number of carbonyl (C=O) groups is 1. The Labute approximate surface area is 178 Å². The van der Waals surface area contributed by atoms with E-state index < -0.39 is 65.3 Å². The van der Waals surface area contributed by atoms with Crippen LogP contribution in [0.5, 0.6) is 0 Å².